The van der Waals surface area contributed by atoms with Gasteiger partial charge in [0.15, 0.2) is 10.9 Å². The Morgan fingerprint density at radius 3 is 2.13 bits per heavy atom. The predicted octanol–water partition coefficient (Wildman–Crippen LogP) is -1.31. The molecule has 0 saturated heterocycles. The minimum atomic E-state index is -2.62. The number of nitrogens with two attached hydrogens (primary N) is 2. The van der Waals surface area contributed by atoms with Crippen LogP contribution >= 0.6 is 0 Å². The molecule has 1 aromatic carbocycles. The van der Waals surface area contributed by atoms with Crippen molar-refractivity contribution < 1.29 is 13.2 Å². The maximum atomic E-state index is 10.7. The largest absolute Gasteiger partial charge is 0.294 e. The summed E-state index contributed by atoms with van der Waals surface area (Å²) in [7, 11) is -2.62. The topological polar surface area (TPSA) is 115 Å². The van der Waals surface area contributed by atoms with Crippen LogP contribution in [0.25, 0.3) is 0 Å². The number of benzene rings is 1. The van der Waals surface area contributed by atoms with Gasteiger partial charge in [-0.1, -0.05) is 30.3 Å². The summed E-state index contributed by atoms with van der Waals surface area (Å²) >= 11 is 0. The van der Waals surface area contributed by atoms with Gasteiger partial charge in [-0.2, -0.15) is 0 Å². The minimum absolute atomic E-state index is 0.170. The molecule has 0 fully saturated rings. The van der Waals surface area contributed by atoms with E-state index in [4.69, 9.17) is 14.3 Å². The molecular formula is C8H13N3O3S. The van der Waals surface area contributed by atoms with E-state index in [0.29, 0.717) is 6.42 Å². The van der Waals surface area contributed by atoms with Crippen molar-refractivity contribution in [1.82, 2.24) is 5.43 Å². The fourth-order valence-corrected chi connectivity index (χ4v) is 0.832. The summed E-state index contributed by atoms with van der Waals surface area (Å²) in [5, 5.41) is 4.06. The first-order valence-corrected chi connectivity index (χ1v) is 5.23. The van der Waals surface area contributed by atoms with E-state index in [9.17, 15) is 4.79 Å². The van der Waals surface area contributed by atoms with Gasteiger partial charge in [0, 0.05) is 0 Å². The lowest BCUT2D eigenvalue weighted by Gasteiger charge is -1.97. The molecule has 0 aliphatic rings. The van der Waals surface area contributed by atoms with Gasteiger partial charge in [-0.25, -0.2) is 19.4 Å². The van der Waals surface area contributed by atoms with Crippen LogP contribution in [-0.2, 0) is 22.1 Å². The van der Waals surface area contributed by atoms with Crippen molar-refractivity contribution in [2.75, 3.05) is 0 Å². The molecule has 1 rings (SSSR count). The van der Waals surface area contributed by atoms with Gasteiger partial charge in [0.1, 0.15) is 0 Å². The lowest BCUT2D eigenvalue weighted by atomic mass is 10.1. The van der Waals surface area contributed by atoms with Gasteiger partial charge in [0.05, 0.1) is 6.42 Å². The Kier molecular flexibility index (Phi) is 7.16. The summed E-state index contributed by atoms with van der Waals surface area (Å²) in [6.45, 7) is 0. The summed E-state index contributed by atoms with van der Waals surface area (Å²) in [6.07, 6.45) is 0.345. The first-order valence-electron chi connectivity index (χ1n) is 3.98. The van der Waals surface area contributed by atoms with Gasteiger partial charge in [-0.3, -0.25) is 10.2 Å². The Morgan fingerprint density at radius 2 is 1.73 bits per heavy atom. The average molecular weight is 231 g/mol. The first-order chi connectivity index (χ1) is 7.06. The third kappa shape index (κ3) is 8.88. The third-order valence-corrected chi connectivity index (χ3v) is 1.37. The molecule has 84 valence electrons. The molecule has 0 unspecified atom stereocenters. The fraction of sp³-hybridized carbons (Fsp3) is 0.125. The molecule has 5 N–H and O–H groups in total. The highest BCUT2D eigenvalue weighted by Crippen LogP contribution is 1.98. The molecular weight excluding hydrogens is 218 g/mol. The molecule has 0 atom stereocenters. The van der Waals surface area contributed by atoms with Crippen molar-refractivity contribution in [3.8, 4) is 0 Å². The number of amides is 1. The molecule has 0 bridgehead atoms. The van der Waals surface area contributed by atoms with Gasteiger partial charge in [-0.15, -0.1) is 0 Å². The van der Waals surface area contributed by atoms with Crippen molar-refractivity contribution in [2.24, 2.45) is 11.0 Å². The van der Waals surface area contributed by atoms with Crippen LogP contribution in [0, 0.1) is 0 Å². The second-order valence-electron chi connectivity index (χ2n) is 2.52. The van der Waals surface area contributed by atoms with E-state index < -0.39 is 10.9 Å². The molecule has 1 aromatic rings. The number of rotatable bonds is 2. The molecule has 0 aliphatic carbocycles. The summed E-state index contributed by atoms with van der Waals surface area (Å²) in [5.41, 5.74) is 3.04. The number of hydrogen-bond donors (Lipinski definition) is 4. The van der Waals surface area contributed by atoms with E-state index in [2.05, 4.69) is 10.6 Å². The Hall–Kier alpha value is -1.44. The van der Waals surface area contributed by atoms with Crippen molar-refractivity contribution in [1.29, 1.82) is 0 Å². The van der Waals surface area contributed by atoms with Crippen LogP contribution in [0.15, 0.2) is 30.3 Å². The summed E-state index contributed by atoms with van der Waals surface area (Å²) < 4.78 is 17.6. The highest BCUT2D eigenvalue weighted by Gasteiger charge is 1.98. The molecule has 0 aromatic heterocycles. The first kappa shape index (κ1) is 13.6. The normalized spacial score (nSPS) is 9.00. The Labute approximate surface area is 89.3 Å². The Balaban J connectivity index is 0.000000423. The van der Waals surface area contributed by atoms with Crippen LogP contribution in [0.2, 0.25) is 0 Å². The van der Waals surface area contributed by atoms with Gasteiger partial charge >= 0.3 is 0 Å². The van der Waals surface area contributed by atoms with Gasteiger partial charge in [0.25, 0.3) is 0 Å². The van der Waals surface area contributed by atoms with E-state index in [0.717, 1.165) is 5.56 Å². The van der Waals surface area contributed by atoms with Crippen molar-refractivity contribution in [3.05, 3.63) is 35.9 Å². The van der Waals surface area contributed by atoms with Crippen molar-refractivity contribution in [2.45, 2.75) is 6.42 Å². The average Bonchev–Trinajstić information content (AvgIpc) is 2.18. The maximum Gasteiger partial charge on any atom is 0.238 e. The number of hydrogen-bond acceptors (Lipinski definition) is 4. The lowest BCUT2D eigenvalue weighted by Crippen LogP contribution is -2.31. The van der Waals surface area contributed by atoms with Crippen molar-refractivity contribution >= 4 is 16.8 Å². The van der Waals surface area contributed by atoms with E-state index >= 15 is 0 Å². The third-order valence-electron chi connectivity index (χ3n) is 1.37. The van der Waals surface area contributed by atoms with Crippen LogP contribution in [0.5, 0.6) is 0 Å². The molecule has 15 heavy (non-hydrogen) atoms. The molecule has 0 heterocycles. The standard InChI is InChI=1S/C8H10N2O.H3NO2S/c9-10-8(11)6-7-4-2-1-3-5-7;1-4(2)3/h1-5H,6,9H2,(H,10,11);4H,(H2,1,2,3). The predicted molar refractivity (Wildman–Crippen MR) is 57.0 cm³/mol. The van der Waals surface area contributed by atoms with E-state index in [1.807, 2.05) is 30.3 Å². The number of carbonyl (C=O) groups is 1. The minimum Gasteiger partial charge on any atom is -0.294 e. The smallest absolute Gasteiger partial charge is 0.238 e. The number of hydrazine groups is 1. The second kappa shape index (κ2) is 7.92. The Morgan fingerprint density at radius 1 is 1.27 bits per heavy atom. The van der Waals surface area contributed by atoms with Gasteiger partial charge in [0.2, 0.25) is 5.91 Å². The highest BCUT2D eigenvalue weighted by atomic mass is 32.2. The lowest BCUT2D eigenvalue weighted by molar-refractivity contribution is -0.120. The van der Waals surface area contributed by atoms with Crippen LogP contribution in [-0.4, -0.2) is 14.3 Å². The summed E-state index contributed by atoms with van der Waals surface area (Å²) in [5.74, 6) is 4.75. The van der Waals surface area contributed by atoms with E-state index in [-0.39, 0.29) is 5.91 Å². The second-order valence-corrected chi connectivity index (χ2v) is 3.09. The van der Waals surface area contributed by atoms with Crippen LogP contribution in [0.4, 0.5) is 0 Å². The molecule has 0 saturated carbocycles. The zero-order valence-electron chi connectivity index (χ0n) is 7.92. The van der Waals surface area contributed by atoms with Gasteiger partial charge < -0.3 is 0 Å². The molecule has 0 aliphatic heterocycles. The molecule has 7 heteroatoms. The molecule has 6 nitrogen and oxygen atoms in total. The van der Waals surface area contributed by atoms with Crippen LogP contribution in [0.3, 0.4) is 0 Å². The zero-order chi connectivity index (χ0) is 11.7. The van der Waals surface area contributed by atoms with Crippen LogP contribution < -0.4 is 16.4 Å². The Bertz CT molecular complexity index is 357. The molecule has 0 spiro atoms. The monoisotopic (exact) mass is 231 g/mol. The van der Waals surface area contributed by atoms with Crippen LogP contribution in [0.1, 0.15) is 5.56 Å². The molecule has 1 amide bonds. The summed E-state index contributed by atoms with van der Waals surface area (Å²) in [4.78, 5) is 10.7. The maximum absolute atomic E-state index is 10.7. The highest BCUT2D eigenvalue weighted by molar-refractivity contribution is 7.69. The van der Waals surface area contributed by atoms with Crippen molar-refractivity contribution in [3.63, 3.8) is 0 Å². The SMILES string of the molecule is NNC(=O)Cc1ccccc1.N[SH](=O)=O. The van der Waals surface area contributed by atoms with E-state index in [1.54, 1.807) is 0 Å². The van der Waals surface area contributed by atoms with Gasteiger partial charge in [-0.05, 0) is 5.56 Å². The number of thiol groups is 1. The summed E-state index contributed by atoms with van der Waals surface area (Å²) in [6, 6.07) is 9.45. The molecule has 0 radical (unpaired) electrons. The quantitative estimate of drug-likeness (QED) is 0.219. The fourth-order valence-electron chi connectivity index (χ4n) is 0.832. The number of carbonyl (C=O) groups excluding carboxylic acids is 1. The number of nitrogens with one attached hydrogen (secondary N) is 1. The van der Waals surface area contributed by atoms with E-state index in [1.165, 1.54) is 0 Å². The zero-order valence-corrected chi connectivity index (χ0v) is 8.81.